The van der Waals surface area contributed by atoms with Gasteiger partial charge in [0.05, 0.1) is 12.4 Å². The SMILES string of the molecule is CCN(CC)c1cnc(C(=O)N2CCN(Cc3ccc4c(c3)OCO4)CC2)cn1. The van der Waals surface area contributed by atoms with Gasteiger partial charge >= 0.3 is 0 Å². The summed E-state index contributed by atoms with van der Waals surface area (Å²) >= 11 is 0. The molecule has 154 valence electrons. The smallest absolute Gasteiger partial charge is 0.274 e. The number of anilines is 1. The van der Waals surface area contributed by atoms with Gasteiger partial charge < -0.3 is 19.3 Å². The Morgan fingerprint density at radius 3 is 2.48 bits per heavy atom. The first-order valence-electron chi connectivity index (χ1n) is 10.1. The van der Waals surface area contributed by atoms with Crippen LogP contribution in [0.2, 0.25) is 0 Å². The van der Waals surface area contributed by atoms with Crippen LogP contribution in [0, 0.1) is 0 Å². The van der Waals surface area contributed by atoms with E-state index in [0.717, 1.165) is 50.0 Å². The predicted octanol–water partition coefficient (Wildman–Crippen LogP) is 2.01. The van der Waals surface area contributed by atoms with Crippen LogP contribution < -0.4 is 14.4 Å². The fourth-order valence-corrected chi connectivity index (χ4v) is 3.71. The lowest BCUT2D eigenvalue weighted by Crippen LogP contribution is -2.48. The summed E-state index contributed by atoms with van der Waals surface area (Å²) in [6.07, 6.45) is 3.28. The average molecular weight is 397 g/mol. The van der Waals surface area contributed by atoms with E-state index in [1.54, 1.807) is 12.4 Å². The number of carbonyl (C=O) groups excluding carboxylic acids is 1. The van der Waals surface area contributed by atoms with Gasteiger partial charge in [0.15, 0.2) is 11.5 Å². The quantitative estimate of drug-likeness (QED) is 0.738. The summed E-state index contributed by atoms with van der Waals surface area (Å²) in [5.74, 6) is 2.37. The van der Waals surface area contributed by atoms with Gasteiger partial charge in [0.25, 0.3) is 5.91 Å². The molecule has 0 atom stereocenters. The summed E-state index contributed by atoms with van der Waals surface area (Å²) in [5, 5.41) is 0. The topological polar surface area (TPSA) is 71.0 Å². The Balaban J connectivity index is 1.31. The molecule has 1 saturated heterocycles. The van der Waals surface area contributed by atoms with Crippen LogP contribution in [-0.4, -0.2) is 71.7 Å². The molecule has 2 aromatic rings. The lowest BCUT2D eigenvalue weighted by molar-refractivity contribution is 0.0622. The van der Waals surface area contributed by atoms with E-state index in [4.69, 9.17) is 9.47 Å². The minimum absolute atomic E-state index is 0.0497. The highest BCUT2D eigenvalue weighted by molar-refractivity contribution is 5.92. The number of carbonyl (C=O) groups is 1. The van der Waals surface area contributed by atoms with Gasteiger partial charge in [0.1, 0.15) is 11.5 Å². The number of fused-ring (bicyclic) bond motifs is 1. The number of piperazine rings is 1. The summed E-state index contributed by atoms with van der Waals surface area (Å²) in [6.45, 7) is 10.0. The van der Waals surface area contributed by atoms with Crippen molar-refractivity contribution < 1.29 is 14.3 Å². The van der Waals surface area contributed by atoms with E-state index < -0.39 is 0 Å². The van der Waals surface area contributed by atoms with Crippen molar-refractivity contribution in [2.75, 3.05) is 51.0 Å². The van der Waals surface area contributed by atoms with Gasteiger partial charge in [0, 0.05) is 45.8 Å². The summed E-state index contributed by atoms with van der Waals surface area (Å²) in [7, 11) is 0. The average Bonchev–Trinajstić information content (AvgIpc) is 3.23. The molecule has 0 aliphatic carbocycles. The molecule has 8 nitrogen and oxygen atoms in total. The zero-order chi connectivity index (χ0) is 20.2. The fourth-order valence-electron chi connectivity index (χ4n) is 3.71. The highest BCUT2D eigenvalue weighted by atomic mass is 16.7. The second-order valence-corrected chi connectivity index (χ2v) is 7.19. The molecule has 1 amide bonds. The lowest BCUT2D eigenvalue weighted by atomic mass is 10.1. The molecule has 2 aliphatic rings. The van der Waals surface area contributed by atoms with E-state index in [-0.39, 0.29) is 5.91 Å². The maximum absolute atomic E-state index is 12.8. The van der Waals surface area contributed by atoms with Crippen molar-refractivity contribution in [1.82, 2.24) is 19.8 Å². The maximum Gasteiger partial charge on any atom is 0.274 e. The molecule has 0 bridgehead atoms. The summed E-state index contributed by atoms with van der Waals surface area (Å²) in [6, 6.07) is 6.06. The highest BCUT2D eigenvalue weighted by Gasteiger charge is 2.24. The third-order valence-electron chi connectivity index (χ3n) is 5.45. The normalized spacial score (nSPS) is 16.1. The number of hydrogen-bond donors (Lipinski definition) is 0. The first-order valence-corrected chi connectivity index (χ1v) is 10.1. The van der Waals surface area contributed by atoms with Gasteiger partial charge in [-0.25, -0.2) is 9.97 Å². The molecule has 0 spiro atoms. The predicted molar refractivity (Wildman–Crippen MR) is 109 cm³/mol. The molecule has 4 rings (SSSR count). The van der Waals surface area contributed by atoms with Crippen molar-refractivity contribution in [1.29, 1.82) is 0 Å². The number of rotatable bonds is 6. The summed E-state index contributed by atoms with van der Waals surface area (Å²) < 4.78 is 10.8. The van der Waals surface area contributed by atoms with Gasteiger partial charge in [-0.2, -0.15) is 0 Å². The van der Waals surface area contributed by atoms with Gasteiger partial charge in [-0.15, -0.1) is 0 Å². The van der Waals surface area contributed by atoms with Crippen molar-refractivity contribution in [3.05, 3.63) is 41.9 Å². The third kappa shape index (κ3) is 4.27. The van der Waals surface area contributed by atoms with Crippen molar-refractivity contribution >= 4 is 11.7 Å². The molecular formula is C21H27N5O3. The van der Waals surface area contributed by atoms with Crippen LogP contribution in [0.4, 0.5) is 5.82 Å². The molecular weight excluding hydrogens is 370 g/mol. The summed E-state index contributed by atoms with van der Waals surface area (Å²) in [4.78, 5) is 27.9. The largest absolute Gasteiger partial charge is 0.454 e. The number of aromatic nitrogens is 2. The monoisotopic (exact) mass is 397 g/mol. The minimum Gasteiger partial charge on any atom is -0.454 e. The molecule has 0 saturated carbocycles. The molecule has 8 heteroatoms. The number of amides is 1. The van der Waals surface area contributed by atoms with Crippen molar-refractivity contribution in [3.8, 4) is 11.5 Å². The minimum atomic E-state index is -0.0497. The van der Waals surface area contributed by atoms with E-state index in [1.165, 1.54) is 5.56 Å². The molecule has 1 aromatic carbocycles. The fraction of sp³-hybridized carbons (Fsp3) is 0.476. The van der Waals surface area contributed by atoms with E-state index in [0.29, 0.717) is 25.6 Å². The standard InChI is InChI=1S/C21H27N5O3/c1-3-25(4-2)20-13-22-17(12-23-20)21(27)26-9-7-24(8-10-26)14-16-5-6-18-19(11-16)29-15-28-18/h5-6,11-13H,3-4,7-10,14-15H2,1-2H3. The summed E-state index contributed by atoms with van der Waals surface area (Å²) in [5.41, 5.74) is 1.59. The third-order valence-corrected chi connectivity index (χ3v) is 5.45. The molecule has 29 heavy (non-hydrogen) atoms. The lowest BCUT2D eigenvalue weighted by Gasteiger charge is -2.34. The Morgan fingerprint density at radius 2 is 1.79 bits per heavy atom. The second-order valence-electron chi connectivity index (χ2n) is 7.19. The van der Waals surface area contributed by atoms with Crippen LogP contribution in [0.25, 0.3) is 0 Å². The number of nitrogens with zero attached hydrogens (tertiary/aromatic N) is 5. The van der Waals surface area contributed by atoms with Crippen LogP contribution in [-0.2, 0) is 6.54 Å². The Hall–Kier alpha value is -2.87. The first-order chi connectivity index (χ1) is 14.2. The van der Waals surface area contributed by atoms with Gasteiger partial charge in [-0.05, 0) is 31.5 Å². The molecule has 1 aromatic heterocycles. The van der Waals surface area contributed by atoms with Crippen molar-refractivity contribution in [2.45, 2.75) is 20.4 Å². The molecule has 1 fully saturated rings. The van der Waals surface area contributed by atoms with Gasteiger partial charge in [0.2, 0.25) is 6.79 Å². The van der Waals surface area contributed by atoms with Crippen LogP contribution >= 0.6 is 0 Å². The molecule has 0 unspecified atom stereocenters. The Morgan fingerprint density at radius 1 is 1.03 bits per heavy atom. The molecule has 0 radical (unpaired) electrons. The Labute approximate surface area is 171 Å². The first kappa shape index (κ1) is 19.4. The van der Waals surface area contributed by atoms with Gasteiger partial charge in [-0.3, -0.25) is 9.69 Å². The Kier molecular flexibility index (Phi) is 5.80. The number of ether oxygens (including phenoxy) is 2. The van der Waals surface area contributed by atoms with E-state index in [9.17, 15) is 4.79 Å². The van der Waals surface area contributed by atoms with Gasteiger partial charge in [-0.1, -0.05) is 6.07 Å². The van der Waals surface area contributed by atoms with Crippen molar-refractivity contribution in [2.24, 2.45) is 0 Å². The number of hydrogen-bond acceptors (Lipinski definition) is 7. The molecule has 0 N–H and O–H groups in total. The van der Waals surface area contributed by atoms with Crippen LogP contribution in [0.3, 0.4) is 0 Å². The van der Waals surface area contributed by atoms with Crippen LogP contribution in [0.1, 0.15) is 29.9 Å². The zero-order valence-electron chi connectivity index (χ0n) is 17.0. The van der Waals surface area contributed by atoms with Crippen molar-refractivity contribution in [3.63, 3.8) is 0 Å². The Bertz CT molecular complexity index is 846. The van der Waals surface area contributed by atoms with Crippen LogP contribution in [0.5, 0.6) is 11.5 Å². The van der Waals surface area contributed by atoms with E-state index in [2.05, 4.69) is 39.7 Å². The number of benzene rings is 1. The van der Waals surface area contributed by atoms with E-state index in [1.807, 2.05) is 17.0 Å². The molecule has 2 aliphatic heterocycles. The second kappa shape index (κ2) is 8.65. The molecule has 3 heterocycles. The zero-order valence-corrected chi connectivity index (χ0v) is 17.0. The maximum atomic E-state index is 12.8. The van der Waals surface area contributed by atoms with E-state index >= 15 is 0 Å². The van der Waals surface area contributed by atoms with Crippen LogP contribution in [0.15, 0.2) is 30.6 Å². The highest BCUT2D eigenvalue weighted by Crippen LogP contribution is 2.32.